The van der Waals surface area contributed by atoms with Crippen LogP contribution in [0.2, 0.25) is 0 Å². The third kappa shape index (κ3) is 3.20. The van der Waals surface area contributed by atoms with Crippen molar-refractivity contribution in [1.29, 1.82) is 0 Å². The largest absolute Gasteiger partial charge is 0.480 e. The normalized spacial score (nSPS) is 19.2. The van der Waals surface area contributed by atoms with Crippen molar-refractivity contribution >= 4 is 11.9 Å². The zero-order valence-corrected chi connectivity index (χ0v) is 9.15. The average Bonchev–Trinajstić information content (AvgIpc) is 2.44. The number of carbonyl (C=O) groups is 2. The number of likely N-dealkylation sites (tertiary alicyclic amines) is 1. The molecular formula is C10H17NO4. The van der Waals surface area contributed by atoms with Crippen LogP contribution in [0.5, 0.6) is 0 Å². The second-order valence-corrected chi connectivity index (χ2v) is 4.35. The Kier molecular flexibility index (Phi) is 3.68. The van der Waals surface area contributed by atoms with E-state index in [1.165, 1.54) is 0 Å². The molecule has 1 N–H and O–H groups in total. The van der Waals surface area contributed by atoms with E-state index in [1.807, 2.05) is 13.8 Å². The number of carbonyl (C=O) groups excluding carboxylic acids is 1. The van der Waals surface area contributed by atoms with Crippen LogP contribution in [-0.2, 0) is 14.3 Å². The van der Waals surface area contributed by atoms with Gasteiger partial charge in [-0.15, -0.1) is 0 Å². The number of amides is 1. The predicted octanol–water partition coefficient (Wildman–Crippen LogP) is 0.489. The van der Waals surface area contributed by atoms with E-state index >= 15 is 0 Å². The molecule has 15 heavy (non-hydrogen) atoms. The van der Waals surface area contributed by atoms with E-state index in [1.54, 1.807) is 4.90 Å². The molecule has 5 heteroatoms. The van der Waals surface area contributed by atoms with Gasteiger partial charge in [0.1, 0.15) is 13.2 Å². The first-order valence-electron chi connectivity index (χ1n) is 5.03. The van der Waals surface area contributed by atoms with E-state index in [0.717, 1.165) is 19.4 Å². The molecule has 0 unspecified atom stereocenters. The molecule has 0 spiro atoms. The third-order valence-electron chi connectivity index (χ3n) is 2.65. The maximum atomic E-state index is 11.7. The van der Waals surface area contributed by atoms with Crippen LogP contribution >= 0.6 is 0 Å². The number of nitrogens with zero attached hydrogens (tertiary/aromatic N) is 1. The fourth-order valence-corrected chi connectivity index (χ4v) is 1.87. The molecule has 0 aromatic rings. The summed E-state index contributed by atoms with van der Waals surface area (Å²) < 4.78 is 4.77. The second-order valence-electron chi connectivity index (χ2n) is 4.35. The first-order chi connectivity index (χ1) is 6.93. The zero-order chi connectivity index (χ0) is 11.5. The van der Waals surface area contributed by atoms with Gasteiger partial charge in [-0.05, 0) is 26.7 Å². The molecule has 0 aromatic heterocycles. The Morgan fingerprint density at radius 3 is 2.53 bits per heavy atom. The SMILES string of the molecule is CC1(C)CCCN1C(=O)COCC(=O)O. The maximum Gasteiger partial charge on any atom is 0.329 e. The first-order valence-corrected chi connectivity index (χ1v) is 5.03. The van der Waals surface area contributed by atoms with Crippen LogP contribution in [0, 0.1) is 0 Å². The van der Waals surface area contributed by atoms with Crippen LogP contribution in [0.3, 0.4) is 0 Å². The lowest BCUT2D eigenvalue weighted by molar-refractivity contribution is -0.146. The van der Waals surface area contributed by atoms with Crippen LogP contribution in [0.4, 0.5) is 0 Å². The van der Waals surface area contributed by atoms with Crippen molar-refractivity contribution in [2.24, 2.45) is 0 Å². The van der Waals surface area contributed by atoms with Gasteiger partial charge in [0, 0.05) is 12.1 Å². The molecule has 0 atom stereocenters. The number of hydrogen-bond acceptors (Lipinski definition) is 3. The number of carboxylic acid groups (broad SMARTS) is 1. The van der Waals surface area contributed by atoms with Gasteiger partial charge in [0.2, 0.25) is 5.91 Å². The summed E-state index contributed by atoms with van der Waals surface area (Å²) in [7, 11) is 0. The van der Waals surface area contributed by atoms with E-state index in [-0.39, 0.29) is 18.1 Å². The number of aliphatic carboxylic acids is 1. The molecule has 1 heterocycles. The molecule has 86 valence electrons. The topological polar surface area (TPSA) is 66.8 Å². The molecule has 0 aliphatic carbocycles. The van der Waals surface area contributed by atoms with Crippen molar-refractivity contribution in [2.45, 2.75) is 32.2 Å². The molecule has 1 aliphatic heterocycles. The van der Waals surface area contributed by atoms with Gasteiger partial charge in [-0.3, -0.25) is 4.79 Å². The smallest absolute Gasteiger partial charge is 0.329 e. The minimum Gasteiger partial charge on any atom is -0.480 e. The summed E-state index contributed by atoms with van der Waals surface area (Å²) in [5, 5.41) is 8.34. The van der Waals surface area contributed by atoms with Crippen molar-refractivity contribution < 1.29 is 19.4 Å². The van der Waals surface area contributed by atoms with Crippen molar-refractivity contribution in [3.05, 3.63) is 0 Å². The molecule has 1 rings (SSSR count). The van der Waals surface area contributed by atoms with E-state index in [4.69, 9.17) is 9.84 Å². The highest BCUT2D eigenvalue weighted by atomic mass is 16.5. The lowest BCUT2D eigenvalue weighted by atomic mass is 10.0. The first kappa shape index (κ1) is 12.0. The molecule has 0 radical (unpaired) electrons. The quantitative estimate of drug-likeness (QED) is 0.741. The molecule has 1 aliphatic rings. The van der Waals surface area contributed by atoms with Gasteiger partial charge in [-0.1, -0.05) is 0 Å². The summed E-state index contributed by atoms with van der Waals surface area (Å²) in [5.74, 6) is -1.18. The Morgan fingerprint density at radius 1 is 1.40 bits per heavy atom. The second kappa shape index (κ2) is 4.61. The zero-order valence-electron chi connectivity index (χ0n) is 9.15. The number of rotatable bonds is 4. The summed E-state index contributed by atoms with van der Waals surface area (Å²) in [6.45, 7) is 4.20. The third-order valence-corrected chi connectivity index (χ3v) is 2.65. The summed E-state index contributed by atoms with van der Waals surface area (Å²) in [6, 6.07) is 0. The highest BCUT2D eigenvalue weighted by Crippen LogP contribution is 2.27. The van der Waals surface area contributed by atoms with Gasteiger partial charge in [-0.2, -0.15) is 0 Å². The molecule has 1 saturated heterocycles. The molecule has 0 aromatic carbocycles. The molecule has 1 fully saturated rings. The fraction of sp³-hybridized carbons (Fsp3) is 0.800. The van der Waals surface area contributed by atoms with Gasteiger partial charge in [-0.25, -0.2) is 4.79 Å². The van der Waals surface area contributed by atoms with Gasteiger partial charge in [0.15, 0.2) is 0 Å². The van der Waals surface area contributed by atoms with Crippen LogP contribution < -0.4 is 0 Å². The Hall–Kier alpha value is -1.10. The van der Waals surface area contributed by atoms with E-state index < -0.39 is 12.6 Å². The summed E-state index contributed by atoms with van der Waals surface area (Å²) in [4.78, 5) is 23.6. The van der Waals surface area contributed by atoms with Crippen LogP contribution in [0.25, 0.3) is 0 Å². The maximum absolute atomic E-state index is 11.7. The van der Waals surface area contributed by atoms with E-state index in [9.17, 15) is 9.59 Å². The molecule has 0 saturated carbocycles. The highest BCUT2D eigenvalue weighted by molar-refractivity contribution is 5.79. The van der Waals surface area contributed by atoms with E-state index in [0.29, 0.717) is 0 Å². The van der Waals surface area contributed by atoms with Gasteiger partial charge < -0.3 is 14.7 Å². The predicted molar refractivity (Wildman–Crippen MR) is 53.5 cm³/mol. The molecule has 1 amide bonds. The average molecular weight is 215 g/mol. The van der Waals surface area contributed by atoms with Crippen molar-refractivity contribution in [1.82, 2.24) is 4.90 Å². The Balaban J connectivity index is 2.37. The number of hydrogen-bond donors (Lipinski definition) is 1. The van der Waals surface area contributed by atoms with Gasteiger partial charge in [0.25, 0.3) is 0 Å². The summed E-state index contributed by atoms with van der Waals surface area (Å²) in [6.07, 6.45) is 1.98. The molecule has 5 nitrogen and oxygen atoms in total. The van der Waals surface area contributed by atoms with Crippen LogP contribution in [0.15, 0.2) is 0 Å². The standard InChI is InChI=1S/C10H17NO4/c1-10(2)4-3-5-11(10)8(12)6-15-7-9(13)14/h3-7H2,1-2H3,(H,13,14). The van der Waals surface area contributed by atoms with Crippen LogP contribution in [-0.4, -0.2) is 47.2 Å². The van der Waals surface area contributed by atoms with Gasteiger partial charge in [0.05, 0.1) is 0 Å². The highest BCUT2D eigenvalue weighted by Gasteiger charge is 2.35. The minimum atomic E-state index is -1.05. The van der Waals surface area contributed by atoms with E-state index in [2.05, 4.69) is 0 Å². The lowest BCUT2D eigenvalue weighted by Crippen LogP contribution is -2.44. The monoisotopic (exact) mass is 215 g/mol. The Morgan fingerprint density at radius 2 is 2.07 bits per heavy atom. The van der Waals surface area contributed by atoms with Gasteiger partial charge >= 0.3 is 5.97 Å². The molecular weight excluding hydrogens is 198 g/mol. The Labute approximate surface area is 89.0 Å². The van der Waals surface area contributed by atoms with Crippen LogP contribution in [0.1, 0.15) is 26.7 Å². The lowest BCUT2D eigenvalue weighted by Gasteiger charge is -2.31. The summed E-state index contributed by atoms with van der Waals surface area (Å²) >= 11 is 0. The Bertz CT molecular complexity index is 262. The van der Waals surface area contributed by atoms with Crippen molar-refractivity contribution in [3.8, 4) is 0 Å². The number of ether oxygens (including phenoxy) is 1. The summed E-state index contributed by atoms with van der Waals surface area (Å²) in [5.41, 5.74) is -0.121. The van der Waals surface area contributed by atoms with Crippen molar-refractivity contribution in [2.75, 3.05) is 19.8 Å². The van der Waals surface area contributed by atoms with Crippen molar-refractivity contribution in [3.63, 3.8) is 0 Å². The fourth-order valence-electron chi connectivity index (χ4n) is 1.87. The number of carboxylic acids is 1. The molecule has 0 bridgehead atoms. The minimum absolute atomic E-state index is 0.121.